The lowest BCUT2D eigenvalue weighted by molar-refractivity contribution is -0.113. The first-order valence-corrected chi connectivity index (χ1v) is 13.4. The van der Waals surface area contributed by atoms with E-state index in [0.29, 0.717) is 29.3 Å². The molecule has 0 bridgehead atoms. The number of thioether (sulfide) groups is 1. The summed E-state index contributed by atoms with van der Waals surface area (Å²) < 4.78 is 9.76. The molecular weight excluding hydrogens is 590 g/mol. The van der Waals surface area contributed by atoms with Gasteiger partial charge in [-0.3, -0.25) is 4.79 Å². The van der Waals surface area contributed by atoms with E-state index in [1.165, 1.54) is 23.1 Å². The molecule has 0 unspecified atom stereocenters. The maximum Gasteiger partial charge on any atom is 0.236 e. The predicted octanol–water partition coefficient (Wildman–Crippen LogP) is 6.26. The summed E-state index contributed by atoms with van der Waals surface area (Å²) in [5.74, 6) is 1.53. The molecule has 0 saturated carbocycles. The van der Waals surface area contributed by atoms with E-state index >= 15 is 0 Å². The van der Waals surface area contributed by atoms with Gasteiger partial charge in [0.25, 0.3) is 0 Å². The Labute approximate surface area is 216 Å². The number of thiazole rings is 1. The Hall–Kier alpha value is -2.21. The molecule has 170 valence electrons. The minimum atomic E-state index is -0.143. The van der Waals surface area contributed by atoms with Crippen molar-refractivity contribution in [2.24, 2.45) is 0 Å². The van der Waals surface area contributed by atoms with E-state index in [2.05, 4.69) is 52.4 Å². The summed E-state index contributed by atoms with van der Waals surface area (Å²) in [4.78, 5) is 17.0. The van der Waals surface area contributed by atoms with Crippen LogP contribution in [0.15, 0.2) is 68.0 Å². The number of nitrogens with zero attached hydrogens (tertiary/aromatic N) is 4. The highest BCUT2D eigenvalue weighted by molar-refractivity contribution is 9.10. The topological polar surface area (TPSA) is 81.9 Å². The molecule has 0 aliphatic carbocycles. The zero-order valence-corrected chi connectivity index (χ0v) is 22.3. The van der Waals surface area contributed by atoms with E-state index in [9.17, 15) is 4.79 Å². The van der Waals surface area contributed by atoms with Gasteiger partial charge < -0.3 is 14.6 Å². The number of hydrogen-bond donors (Lipinski definition) is 1. The van der Waals surface area contributed by atoms with Crippen LogP contribution in [0.3, 0.4) is 0 Å². The average molecular weight is 609 g/mol. The van der Waals surface area contributed by atoms with E-state index < -0.39 is 0 Å². The molecule has 0 aliphatic heterocycles. The van der Waals surface area contributed by atoms with Gasteiger partial charge in [-0.2, -0.15) is 0 Å². The van der Waals surface area contributed by atoms with Crippen molar-refractivity contribution in [2.75, 3.05) is 11.1 Å². The predicted molar refractivity (Wildman–Crippen MR) is 139 cm³/mol. The van der Waals surface area contributed by atoms with Crippen molar-refractivity contribution in [3.8, 4) is 17.0 Å². The molecule has 0 fully saturated rings. The van der Waals surface area contributed by atoms with E-state index in [1.54, 1.807) is 0 Å². The summed E-state index contributed by atoms with van der Waals surface area (Å²) in [6, 6.07) is 15.5. The first kappa shape index (κ1) is 23.9. The number of nitrogens with one attached hydrogen (secondary N) is 1. The zero-order valence-electron chi connectivity index (χ0n) is 17.5. The Kier molecular flexibility index (Phi) is 8.18. The summed E-state index contributed by atoms with van der Waals surface area (Å²) in [7, 11) is 0. The Morgan fingerprint density at radius 1 is 1.09 bits per heavy atom. The number of carbonyl (C=O) groups excluding carboxylic acids is 1. The third-order valence-corrected chi connectivity index (χ3v) is 7.30. The summed E-state index contributed by atoms with van der Waals surface area (Å²) in [6.45, 7) is 2.99. The van der Waals surface area contributed by atoms with E-state index in [4.69, 9.17) is 4.74 Å². The van der Waals surface area contributed by atoms with Gasteiger partial charge in [0.1, 0.15) is 12.4 Å². The highest BCUT2D eigenvalue weighted by atomic mass is 79.9. The van der Waals surface area contributed by atoms with Crippen molar-refractivity contribution in [1.29, 1.82) is 0 Å². The number of ether oxygens (including phenoxy) is 1. The smallest absolute Gasteiger partial charge is 0.236 e. The molecular formula is C22H19Br2N5O2S2. The van der Waals surface area contributed by atoms with Crippen LogP contribution in [0.5, 0.6) is 5.75 Å². The van der Waals surface area contributed by atoms with Crippen molar-refractivity contribution in [1.82, 2.24) is 19.7 Å². The third-order valence-electron chi connectivity index (χ3n) is 4.51. The fraction of sp³-hybridized carbons (Fsp3) is 0.182. The molecule has 2 aromatic carbocycles. The van der Waals surface area contributed by atoms with Gasteiger partial charge in [0, 0.05) is 26.4 Å². The van der Waals surface area contributed by atoms with Crippen molar-refractivity contribution >= 4 is 66.0 Å². The van der Waals surface area contributed by atoms with Gasteiger partial charge in [-0.15, -0.1) is 21.5 Å². The lowest BCUT2D eigenvalue weighted by atomic mass is 10.2. The van der Waals surface area contributed by atoms with E-state index in [1.807, 2.05) is 65.4 Å². The molecule has 33 heavy (non-hydrogen) atoms. The first-order chi connectivity index (χ1) is 16.0. The van der Waals surface area contributed by atoms with E-state index in [0.717, 1.165) is 26.0 Å². The second kappa shape index (κ2) is 11.3. The van der Waals surface area contributed by atoms with Gasteiger partial charge in [0.2, 0.25) is 5.91 Å². The van der Waals surface area contributed by atoms with Crippen LogP contribution in [0.1, 0.15) is 12.7 Å². The fourth-order valence-corrected chi connectivity index (χ4v) is 4.98. The third kappa shape index (κ3) is 6.44. The van der Waals surface area contributed by atoms with Crippen LogP contribution < -0.4 is 10.1 Å². The molecule has 1 amide bonds. The molecule has 1 N–H and O–H groups in total. The van der Waals surface area contributed by atoms with Crippen LogP contribution in [0, 0.1) is 0 Å². The van der Waals surface area contributed by atoms with Crippen LogP contribution >= 0.6 is 55.0 Å². The number of carbonyl (C=O) groups is 1. The molecule has 11 heteroatoms. The summed E-state index contributed by atoms with van der Waals surface area (Å²) in [6.07, 6.45) is 0. The highest BCUT2D eigenvalue weighted by Gasteiger charge is 2.15. The number of amides is 1. The Balaban J connectivity index is 1.32. The number of halogens is 2. The number of benzene rings is 2. The number of hydrogen-bond acceptors (Lipinski definition) is 7. The Bertz CT molecular complexity index is 1230. The zero-order chi connectivity index (χ0) is 23.2. The average Bonchev–Trinajstić information content (AvgIpc) is 3.44. The fourth-order valence-electron chi connectivity index (χ4n) is 2.90. The Morgan fingerprint density at radius 2 is 1.79 bits per heavy atom. The molecule has 0 radical (unpaired) electrons. The minimum absolute atomic E-state index is 0.143. The highest BCUT2D eigenvalue weighted by Crippen LogP contribution is 2.26. The largest absolute Gasteiger partial charge is 0.486 e. The van der Waals surface area contributed by atoms with Gasteiger partial charge in [0.05, 0.1) is 11.4 Å². The monoisotopic (exact) mass is 607 g/mol. The summed E-state index contributed by atoms with van der Waals surface area (Å²) in [5.41, 5.74) is 1.83. The number of anilines is 1. The van der Waals surface area contributed by atoms with Crippen molar-refractivity contribution in [2.45, 2.75) is 25.2 Å². The summed E-state index contributed by atoms with van der Waals surface area (Å²) >= 11 is 9.57. The lowest BCUT2D eigenvalue weighted by Crippen LogP contribution is -2.14. The summed E-state index contributed by atoms with van der Waals surface area (Å²) in [5, 5.41) is 14.5. The first-order valence-electron chi connectivity index (χ1n) is 9.96. The second-order valence-corrected chi connectivity index (χ2v) is 10.4. The molecule has 7 nitrogen and oxygen atoms in total. The van der Waals surface area contributed by atoms with Gasteiger partial charge in [-0.25, -0.2) is 4.98 Å². The Morgan fingerprint density at radius 3 is 2.48 bits per heavy atom. The molecule has 0 saturated heterocycles. The molecule has 4 rings (SSSR count). The van der Waals surface area contributed by atoms with Gasteiger partial charge in [-0.1, -0.05) is 55.8 Å². The number of aromatic nitrogens is 4. The van der Waals surface area contributed by atoms with Crippen molar-refractivity contribution in [3.05, 3.63) is 68.7 Å². The standard InChI is InChI=1S/C22H19Br2N5O2S2/c1-2-29-19(11-31-17-9-7-16(24)8-10-17)27-28-22(29)33-13-20(30)26-21-25-18(12-32-21)14-3-5-15(23)6-4-14/h3-10,12H,2,11,13H2,1H3,(H,25,26,30). The molecule has 2 aromatic heterocycles. The maximum atomic E-state index is 12.5. The van der Waals surface area contributed by atoms with Gasteiger partial charge >= 0.3 is 0 Å². The maximum absolute atomic E-state index is 12.5. The van der Waals surface area contributed by atoms with Gasteiger partial charge in [-0.05, 0) is 43.3 Å². The normalized spacial score (nSPS) is 10.9. The second-order valence-electron chi connectivity index (χ2n) is 6.77. The SMILES string of the molecule is CCn1c(COc2ccc(Br)cc2)nnc1SCC(=O)Nc1nc(-c2ccc(Br)cc2)cs1. The van der Waals surface area contributed by atoms with Crippen LogP contribution in [-0.2, 0) is 17.9 Å². The molecule has 0 atom stereocenters. The van der Waals surface area contributed by atoms with Crippen LogP contribution in [0.4, 0.5) is 5.13 Å². The van der Waals surface area contributed by atoms with Crippen molar-refractivity contribution in [3.63, 3.8) is 0 Å². The van der Waals surface area contributed by atoms with Crippen molar-refractivity contribution < 1.29 is 9.53 Å². The quantitative estimate of drug-likeness (QED) is 0.226. The van der Waals surface area contributed by atoms with Crippen LogP contribution in [0.2, 0.25) is 0 Å². The van der Waals surface area contributed by atoms with Gasteiger partial charge in [0.15, 0.2) is 16.1 Å². The minimum Gasteiger partial charge on any atom is -0.486 e. The molecule has 0 aliphatic rings. The van der Waals surface area contributed by atoms with Crippen LogP contribution in [0.25, 0.3) is 11.3 Å². The molecule has 2 heterocycles. The molecule has 0 spiro atoms. The molecule has 4 aromatic rings. The van der Waals surface area contributed by atoms with Crippen LogP contribution in [-0.4, -0.2) is 31.4 Å². The lowest BCUT2D eigenvalue weighted by Gasteiger charge is -2.09. The number of rotatable bonds is 9. The van der Waals surface area contributed by atoms with E-state index in [-0.39, 0.29) is 11.7 Å².